The summed E-state index contributed by atoms with van der Waals surface area (Å²) < 4.78 is 10.4. The Bertz CT molecular complexity index is 622. The molecule has 0 bridgehead atoms. The van der Waals surface area contributed by atoms with Crippen LogP contribution < -0.4 is 14.8 Å². The number of nitrogens with one attached hydrogen (secondary N) is 1. The number of rotatable bonds is 2. The number of aromatic hydroxyl groups is 1. The number of carbonyl (C=O) groups is 1. The third-order valence-corrected chi connectivity index (χ3v) is 2.76. The number of hydrogen-bond acceptors (Lipinski definition) is 4. The SMILES string of the molecule is O=C(Nc1ccc2c(c1)OCO2)c1ccc(O)cc1. The molecule has 1 heterocycles. The number of anilines is 1. The fourth-order valence-corrected chi connectivity index (χ4v) is 1.79. The standard InChI is InChI=1S/C14H11NO4/c16-11-4-1-9(2-5-11)14(17)15-10-3-6-12-13(7-10)19-8-18-12/h1-7,16H,8H2,(H,15,17). The highest BCUT2D eigenvalue weighted by Crippen LogP contribution is 2.34. The van der Waals surface area contributed by atoms with Gasteiger partial charge in [0.25, 0.3) is 5.91 Å². The summed E-state index contributed by atoms with van der Waals surface area (Å²) >= 11 is 0. The van der Waals surface area contributed by atoms with Crippen molar-refractivity contribution < 1.29 is 19.4 Å². The minimum absolute atomic E-state index is 0.125. The van der Waals surface area contributed by atoms with Gasteiger partial charge in [0.2, 0.25) is 6.79 Å². The zero-order valence-corrected chi connectivity index (χ0v) is 9.92. The highest BCUT2D eigenvalue weighted by Gasteiger charge is 2.14. The van der Waals surface area contributed by atoms with E-state index in [1.54, 1.807) is 30.3 Å². The van der Waals surface area contributed by atoms with Crippen molar-refractivity contribution in [3.8, 4) is 17.2 Å². The van der Waals surface area contributed by atoms with Crippen LogP contribution in [0.5, 0.6) is 17.2 Å². The van der Waals surface area contributed by atoms with Gasteiger partial charge in [-0.05, 0) is 36.4 Å². The molecule has 0 radical (unpaired) electrons. The highest BCUT2D eigenvalue weighted by molar-refractivity contribution is 6.04. The van der Waals surface area contributed by atoms with E-state index in [4.69, 9.17) is 9.47 Å². The third-order valence-electron chi connectivity index (χ3n) is 2.76. The maximum Gasteiger partial charge on any atom is 0.255 e. The quantitative estimate of drug-likeness (QED) is 0.866. The third kappa shape index (κ3) is 2.30. The van der Waals surface area contributed by atoms with Gasteiger partial charge in [0.05, 0.1) is 0 Å². The minimum atomic E-state index is -0.251. The summed E-state index contributed by atoms with van der Waals surface area (Å²) in [6.07, 6.45) is 0. The van der Waals surface area contributed by atoms with Crippen LogP contribution in [0.4, 0.5) is 5.69 Å². The van der Waals surface area contributed by atoms with Gasteiger partial charge >= 0.3 is 0 Å². The molecule has 5 heteroatoms. The van der Waals surface area contributed by atoms with Gasteiger partial charge in [-0.3, -0.25) is 4.79 Å². The van der Waals surface area contributed by atoms with Crippen LogP contribution in [0.3, 0.4) is 0 Å². The van der Waals surface area contributed by atoms with Gasteiger partial charge in [-0.25, -0.2) is 0 Å². The van der Waals surface area contributed by atoms with Gasteiger partial charge in [-0.15, -0.1) is 0 Å². The first-order valence-electron chi connectivity index (χ1n) is 5.72. The molecule has 0 saturated heterocycles. The topological polar surface area (TPSA) is 67.8 Å². The van der Waals surface area contributed by atoms with Crippen molar-refractivity contribution in [1.29, 1.82) is 0 Å². The van der Waals surface area contributed by atoms with Crippen LogP contribution >= 0.6 is 0 Å². The van der Waals surface area contributed by atoms with Crippen molar-refractivity contribution in [2.75, 3.05) is 12.1 Å². The van der Waals surface area contributed by atoms with Gasteiger partial charge in [0.1, 0.15) is 5.75 Å². The van der Waals surface area contributed by atoms with E-state index < -0.39 is 0 Å². The average molecular weight is 257 g/mol. The lowest BCUT2D eigenvalue weighted by molar-refractivity contribution is 0.102. The molecule has 5 nitrogen and oxygen atoms in total. The largest absolute Gasteiger partial charge is 0.508 e. The van der Waals surface area contributed by atoms with Crippen molar-refractivity contribution in [3.63, 3.8) is 0 Å². The molecule has 0 unspecified atom stereocenters. The first kappa shape index (κ1) is 11.4. The smallest absolute Gasteiger partial charge is 0.255 e. The van der Waals surface area contributed by atoms with E-state index in [1.807, 2.05) is 0 Å². The molecule has 0 fully saturated rings. The zero-order chi connectivity index (χ0) is 13.2. The fraction of sp³-hybridized carbons (Fsp3) is 0.0714. The van der Waals surface area contributed by atoms with Crippen LogP contribution in [0.1, 0.15) is 10.4 Å². The number of benzene rings is 2. The number of phenolic OH excluding ortho intramolecular Hbond substituents is 1. The van der Waals surface area contributed by atoms with Gasteiger partial charge in [-0.2, -0.15) is 0 Å². The Kier molecular flexibility index (Phi) is 2.72. The van der Waals surface area contributed by atoms with Gasteiger partial charge in [0, 0.05) is 17.3 Å². The van der Waals surface area contributed by atoms with Gasteiger partial charge < -0.3 is 19.9 Å². The number of amides is 1. The van der Waals surface area contributed by atoms with Crippen LogP contribution in [0.25, 0.3) is 0 Å². The first-order valence-corrected chi connectivity index (χ1v) is 5.72. The van der Waals surface area contributed by atoms with E-state index in [1.165, 1.54) is 12.1 Å². The maximum atomic E-state index is 12.0. The average Bonchev–Trinajstić information content (AvgIpc) is 2.87. The Hall–Kier alpha value is -2.69. The van der Waals surface area contributed by atoms with Gasteiger partial charge in [-0.1, -0.05) is 0 Å². The zero-order valence-electron chi connectivity index (χ0n) is 9.92. The Labute approximate surface area is 109 Å². The summed E-state index contributed by atoms with van der Waals surface area (Å²) in [7, 11) is 0. The molecule has 3 rings (SSSR count). The number of phenols is 1. The van der Waals surface area contributed by atoms with E-state index >= 15 is 0 Å². The molecule has 1 aliphatic rings. The van der Waals surface area contributed by atoms with Crippen LogP contribution in [0.15, 0.2) is 42.5 Å². The maximum absolute atomic E-state index is 12.0. The molecule has 0 aromatic heterocycles. The summed E-state index contributed by atoms with van der Waals surface area (Å²) in [5.41, 5.74) is 1.10. The molecule has 2 aromatic carbocycles. The van der Waals surface area contributed by atoms with E-state index in [0.717, 1.165) is 0 Å². The van der Waals surface area contributed by atoms with Crippen LogP contribution in [-0.4, -0.2) is 17.8 Å². The Balaban J connectivity index is 1.77. The predicted molar refractivity (Wildman–Crippen MR) is 68.6 cm³/mol. The lowest BCUT2D eigenvalue weighted by atomic mass is 10.2. The molecule has 1 amide bonds. The summed E-state index contributed by atoms with van der Waals surface area (Å²) in [6.45, 7) is 0.199. The Morgan fingerprint density at radius 1 is 1.05 bits per heavy atom. The minimum Gasteiger partial charge on any atom is -0.508 e. The first-order chi connectivity index (χ1) is 9.22. The number of fused-ring (bicyclic) bond motifs is 1. The molecule has 1 aliphatic heterocycles. The molecule has 0 spiro atoms. The molecule has 0 saturated carbocycles. The van der Waals surface area contributed by atoms with E-state index in [2.05, 4.69) is 5.32 Å². The van der Waals surface area contributed by atoms with E-state index in [9.17, 15) is 9.90 Å². The van der Waals surface area contributed by atoms with Crippen molar-refractivity contribution >= 4 is 11.6 Å². The summed E-state index contributed by atoms with van der Waals surface area (Å²) in [5.74, 6) is 1.16. The number of ether oxygens (including phenoxy) is 2. The van der Waals surface area contributed by atoms with Crippen molar-refractivity contribution in [2.45, 2.75) is 0 Å². The number of carbonyl (C=O) groups excluding carboxylic acids is 1. The van der Waals surface area contributed by atoms with E-state index in [-0.39, 0.29) is 18.4 Å². The molecule has 96 valence electrons. The second-order valence-corrected chi connectivity index (χ2v) is 4.07. The molecule has 0 atom stereocenters. The van der Waals surface area contributed by atoms with Crippen LogP contribution in [0, 0.1) is 0 Å². The molecular weight excluding hydrogens is 246 g/mol. The molecule has 2 aromatic rings. The summed E-state index contributed by atoms with van der Waals surface area (Å²) in [4.78, 5) is 12.0. The normalized spacial score (nSPS) is 12.2. The molecule has 19 heavy (non-hydrogen) atoms. The van der Waals surface area contributed by atoms with Gasteiger partial charge in [0.15, 0.2) is 11.5 Å². The predicted octanol–water partition coefficient (Wildman–Crippen LogP) is 2.37. The lowest BCUT2D eigenvalue weighted by Gasteiger charge is -2.06. The van der Waals surface area contributed by atoms with Crippen molar-refractivity contribution in [1.82, 2.24) is 0 Å². The Morgan fingerprint density at radius 2 is 1.79 bits per heavy atom. The van der Waals surface area contributed by atoms with Crippen molar-refractivity contribution in [2.24, 2.45) is 0 Å². The second-order valence-electron chi connectivity index (χ2n) is 4.07. The van der Waals surface area contributed by atoms with Crippen LogP contribution in [0.2, 0.25) is 0 Å². The highest BCUT2D eigenvalue weighted by atomic mass is 16.7. The van der Waals surface area contributed by atoms with E-state index in [0.29, 0.717) is 22.7 Å². The molecule has 0 aliphatic carbocycles. The summed E-state index contributed by atoms with van der Waals surface area (Å²) in [5, 5.41) is 11.9. The van der Waals surface area contributed by atoms with Crippen LogP contribution in [-0.2, 0) is 0 Å². The monoisotopic (exact) mass is 257 g/mol. The summed E-state index contributed by atoms with van der Waals surface area (Å²) in [6, 6.07) is 11.2. The fourth-order valence-electron chi connectivity index (χ4n) is 1.79. The molecule has 2 N–H and O–H groups in total. The lowest BCUT2D eigenvalue weighted by Crippen LogP contribution is -2.11. The Morgan fingerprint density at radius 3 is 2.58 bits per heavy atom. The number of hydrogen-bond donors (Lipinski definition) is 2. The van der Waals surface area contributed by atoms with Crippen molar-refractivity contribution in [3.05, 3.63) is 48.0 Å². The second kappa shape index (κ2) is 4.53. The molecular formula is C14H11NO4.